The SMILES string of the molecule is C=CC(CC(=O)OCC)NS(=O)(=O)c1cccc(NC(=O)c2cccc(N=C(N)N)c2)c1. The Balaban J connectivity index is 2.17. The Labute approximate surface area is 186 Å². The van der Waals surface area contributed by atoms with Crippen molar-refractivity contribution in [3.63, 3.8) is 0 Å². The fraction of sp³-hybridized carbons (Fsp3) is 0.190. The second-order valence-corrected chi connectivity index (χ2v) is 8.26. The average molecular weight is 460 g/mol. The van der Waals surface area contributed by atoms with E-state index in [9.17, 15) is 18.0 Å². The summed E-state index contributed by atoms with van der Waals surface area (Å²) in [7, 11) is -4.00. The van der Waals surface area contributed by atoms with Crippen molar-refractivity contribution >= 4 is 39.2 Å². The van der Waals surface area contributed by atoms with Gasteiger partial charge in [-0.25, -0.2) is 18.1 Å². The highest BCUT2D eigenvalue weighted by molar-refractivity contribution is 7.89. The summed E-state index contributed by atoms with van der Waals surface area (Å²) in [4.78, 5) is 28.0. The summed E-state index contributed by atoms with van der Waals surface area (Å²) in [5, 5.41) is 2.63. The lowest BCUT2D eigenvalue weighted by Crippen LogP contribution is -2.35. The third-order valence-electron chi connectivity index (χ3n) is 4.05. The van der Waals surface area contributed by atoms with Crippen LogP contribution in [0.15, 0.2) is 71.1 Å². The van der Waals surface area contributed by atoms with Crippen LogP contribution in [0.4, 0.5) is 11.4 Å². The topological polar surface area (TPSA) is 166 Å². The number of hydrogen-bond acceptors (Lipinski definition) is 6. The first kappa shape index (κ1) is 24.6. The number of nitrogens with zero attached hydrogens (tertiary/aromatic N) is 1. The van der Waals surface area contributed by atoms with Crippen molar-refractivity contribution in [2.24, 2.45) is 16.5 Å². The van der Waals surface area contributed by atoms with Crippen molar-refractivity contribution in [2.45, 2.75) is 24.3 Å². The Morgan fingerprint density at radius 2 is 1.91 bits per heavy atom. The zero-order valence-corrected chi connectivity index (χ0v) is 18.3. The number of hydrogen-bond donors (Lipinski definition) is 4. The lowest BCUT2D eigenvalue weighted by atomic mass is 10.2. The number of rotatable bonds is 10. The number of nitrogens with one attached hydrogen (secondary N) is 2. The number of carbonyl (C=O) groups excluding carboxylic acids is 2. The van der Waals surface area contributed by atoms with Crippen LogP contribution < -0.4 is 21.5 Å². The van der Waals surface area contributed by atoms with Gasteiger partial charge >= 0.3 is 5.97 Å². The number of guanidine groups is 1. The number of nitrogens with two attached hydrogens (primary N) is 2. The van der Waals surface area contributed by atoms with Gasteiger partial charge < -0.3 is 21.5 Å². The first-order valence-electron chi connectivity index (χ1n) is 9.56. The van der Waals surface area contributed by atoms with Gasteiger partial charge in [-0.15, -0.1) is 6.58 Å². The summed E-state index contributed by atoms with van der Waals surface area (Å²) in [6.07, 6.45) is 1.11. The maximum absolute atomic E-state index is 12.7. The molecular formula is C21H25N5O5S. The van der Waals surface area contributed by atoms with Crippen molar-refractivity contribution in [1.29, 1.82) is 0 Å². The molecule has 0 spiro atoms. The molecule has 0 bridgehead atoms. The zero-order valence-electron chi connectivity index (χ0n) is 17.4. The smallest absolute Gasteiger partial charge is 0.307 e. The van der Waals surface area contributed by atoms with E-state index < -0.39 is 27.9 Å². The molecule has 0 saturated carbocycles. The van der Waals surface area contributed by atoms with E-state index in [2.05, 4.69) is 21.6 Å². The molecule has 1 atom stereocenters. The molecule has 6 N–H and O–H groups in total. The van der Waals surface area contributed by atoms with Crippen LogP contribution in [0.2, 0.25) is 0 Å². The summed E-state index contributed by atoms with van der Waals surface area (Å²) in [6.45, 7) is 5.39. The van der Waals surface area contributed by atoms with E-state index in [-0.39, 0.29) is 35.1 Å². The van der Waals surface area contributed by atoms with Gasteiger partial charge in [0.2, 0.25) is 10.0 Å². The largest absolute Gasteiger partial charge is 0.466 e. The molecule has 0 aliphatic rings. The van der Waals surface area contributed by atoms with Crippen LogP contribution in [0.25, 0.3) is 0 Å². The van der Waals surface area contributed by atoms with Crippen molar-refractivity contribution in [3.05, 3.63) is 66.7 Å². The van der Waals surface area contributed by atoms with Gasteiger partial charge in [0.1, 0.15) is 0 Å². The van der Waals surface area contributed by atoms with E-state index in [1.165, 1.54) is 30.3 Å². The Hall–Kier alpha value is -3.70. The first-order chi connectivity index (χ1) is 15.1. The van der Waals surface area contributed by atoms with Gasteiger partial charge in [-0.3, -0.25) is 9.59 Å². The molecule has 0 aliphatic carbocycles. The minimum atomic E-state index is -4.00. The van der Waals surface area contributed by atoms with Gasteiger partial charge in [-0.2, -0.15) is 0 Å². The van der Waals surface area contributed by atoms with Crippen LogP contribution in [0, 0.1) is 0 Å². The number of carbonyl (C=O) groups is 2. The van der Waals surface area contributed by atoms with Gasteiger partial charge in [0.25, 0.3) is 5.91 Å². The minimum absolute atomic E-state index is 0.0970. The molecule has 0 aliphatic heterocycles. The lowest BCUT2D eigenvalue weighted by Gasteiger charge is -2.15. The summed E-state index contributed by atoms with van der Waals surface area (Å²) in [5.41, 5.74) is 11.6. The summed E-state index contributed by atoms with van der Waals surface area (Å²) >= 11 is 0. The van der Waals surface area contributed by atoms with Crippen molar-refractivity contribution < 1.29 is 22.7 Å². The van der Waals surface area contributed by atoms with Crippen LogP contribution >= 0.6 is 0 Å². The van der Waals surface area contributed by atoms with Crippen molar-refractivity contribution in [3.8, 4) is 0 Å². The average Bonchev–Trinajstić information content (AvgIpc) is 2.73. The third kappa shape index (κ3) is 7.22. The Morgan fingerprint density at radius 3 is 2.56 bits per heavy atom. The zero-order chi connectivity index (χ0) is 23.7. The maximum atomic E-state index is 12.7. The quantitative estimate of drug-likeness (QED) is 0.181. The number of sulfonamides is 1. The number of anilines is 1. The molecule has 0 fully saturated rings. The van der Waals surface area contributed by atoms with Gasteiger partial charge in [0.15, 0.2) is 5.96 Å². The molecule has 1 unspecified atom stereocenters. The number of amides is 1. The van der Waals surface area contributed by atoms with E-state index in [0.717, 1.165) is 0 Å². The maximum Gasteiger partial charge on any atom is 0.307 e. The molecule has 2 rings (SSSR count). The number of ether oxygens (including phenoxy) is 1. The van der Waals surface area contributed by atoms with Gasteiger partial charge in [-0.1, -0.05) is 18.2 Å². The summed E-state index contributed by atoms with van der Waals surface area (Å²) in [6, 6.07) is 11.1. The predicted molar refractivity (Wildman–Crippen MR) is 122 cm³/mol. The monoisotopic (exact) mass is 459 g/mol. The lowest BCUT2D eigenvalue weighted by molar-refractivity contribution is -0.143. The second kappa shape index (κ2) is 11.1. The van der Waals surface area contributed by atoms with Crippen LogP contribution in [0.1, 0.15) is 23.7 Å². The van der Waals surface area contributed by atoms with Crippen LogP contribution in [-0.4, -0.2) is 38.9 Å². The fourth-order valence-corrected chi connectivity index (χ4v) is 3.90. The molecule has 0 saturated heterocycles. The molecule has 0 aromatic heterocycles. The Bertz CT molecular complexity index is 1130. The van der Waals surface area contributed by atoms with Crippen LogP contribution in [0.3, 0.4) is 0 Å². The summed E-state index contributed by atoms with van der Waals surface area (Å²) < 4.78 is 32.7. The van der Waals surface area contributed by atoms with Crippen LogP contribution in [-0.2, 0) is 19.6 Å². The van der Waals surface area contributed by atoms with Crippen LogP contribution in [0.5, 0.6) is 0 Å². The Morgan fingerprint density at radius 1 is 1.19 bits per heavy atom. The van der Waals surface area contributed by atoms with E-state index in [1.54, 1.807) is 31.2 Å². The first-order valence-corrected chi connectivity index (χ1v) is 11.0. The Kier molecular flexibility index (Phi) is 8.50. The normalized spacial score (nSPS) is 11.8. The molecule has 170 valence electrons. The van der Waals surface area contributed by atoms with Crippen molar-refractivity contribution in [1.82, 2.24) is 4.72 Å². The van der Waals surface area contributed by atoms with E-state index in [0.29, 0.717) is 5.69 Å². The highest BCUT2D eigenvalue weighted by Crippen LogP contribution is 2.19. The van der Waals surface area contributed by atoms with Crippen molar-refractivity contribution in [2.75, 3.05) is 11.9 Å². The molecule has 10 nitrogen and oxygen atoms in total. The van der Waals surface area contributed by atoms with Gasteiger partial charge in [-0.05, 0) is 43.3 Å². The third-order valence-corrected chi connectivity index (χ3v) is 5.54. The van der Waals surface area contributed by atoms with E-state index >= 15 is 0 Å². The molecule has 32 heavy (non-hydrogen) atoms. The molecule has 0 heterocycles. The highest BCUT2D eigenvalue weighted by Gasteiger charge is 2.21. The molecule has 2 aromatic carbocycles. The fourth-order valence-electron chi connectivity index (χ4n) is 2.65. The standard InChI is InChI=1S/C21H25N5O5S/c1-3-15(13-19(27)31-4-2)26-32(29,30)18-10-6-9-17(12-18)24-20(28)14-7-5-8-16(11-14)25-21(22)23/h3,5-12,15,26H,1,4,13H2,2H3,(H,24,28)(H4,22,23,25). The summed E-state index contributed by atoms with van der Waals surface area (Å²) in [5.74, 6) is -1.18. The molecule has 2 aromatic rings. The minimum Gasteiger partial charge on any atom is -0.466 e. The number of esters is 1. The molecule has 0 radical (unpaired) electrons. The second-order valence-electron chi connectivity index (χ2n) is 6.54. The highest BCUT2D eigenvalue weighted by atomic mass is 32.2. The van der Waals surface area contributed by atoms with E-state index in [1.807, 2.05) is 0 Å². The molecule has 11 heteroatoms. The number of benzene rings is 2. The molecule has 1 amide bonds. The van der Waals surface area contributed by atoms with Gasteiger partial charge in [0, 0.05) is 11.3 Å². The number of aliphatic imine (C=N–C) groups is 1. The van der Waals surface area contributed by atoms with Gasteiger partial charge in [0.05, 0.1) is 29.7 Å². The molecular weight excluding hydrogens is 434 g/mol. The van der Waals surface area contributed by atoms with E-state index in [4.69, 9.17) is 16.2 Å². The predicted octanol–water partition coefficient (Wildman–Crippen LogP) is 1.63.